The van der Waals surface area contributed by atoms with Crippen LogP contribution in [-0.4, -0.2) is 53.3 Å². The van der Waals surface area contributed by atoms with Gasteiger partial charge in [-0.1, -0.05) is 0 Å². The van der Waals surface area contributed by atoms with E-state index in [1.165, 1.54) is 6.42 Å². The van der Waals surface area contributed by atoms with E-state index in [4.69, 9.17) is 0 Å². The Morgan fingerprint density at radius 3 is 3.10 bits per heavy atom. The largest absolute Gasteiger partial charge is 0.317 e. The molecule has 118 valence electrons. The minimum absolute atomic E-state index is 0.0251. The molecule has 1 aromatic heterocycles. The van der Waals surface area contributed by atoms with Crippen LogP contribution in [0.3, 0.4) is 0 Å². The van der Waals surface area contributed by atoms with Crippen LogP contribution in [0.25, 0.3) is 0 Å². The highest BCUT2D eigenvalue weighted by molar-refractivity contribution is 5.91. The minimum atomic E-state index is 0.0251. The van der Waals surface area contributed by atoms with Gasteiger partial charge >= 0.3 is 0 Å². The highest BCUT2D eigenvalue weighted by Crippen LogP contribution is 2.14. The summed E-state index contributed by atoms with van der Waals surface area (Å²) in [5.41, 5.74) is 0. The summed E-state index contributed by atoms with van der Waals surface area (Å²) in [5, 5.41) is 10.6. The van der Waals surface area contributed by atoms with Crippen LogP contribution >= 0.6 is 0 Å². The lowest BCUT2D eigenvalue weighted by Gasteiger charge is -2.26. The first kappa shape index (κ1) is 16.0. The van der Waals surface area contributed by atoms with Gasteiger partial charge in [-0.05, 0) is 53.2 Å². The summed E-state index contributed by atoms with van der Waals surface area (Å²) in [5.74, 6) is 0.794. The number of hydrogen-bond donors (Lipinski definition) is 2. The molecule has 2 heterocycles. The van der Waals surface area contributed by atoms with Gasteiger partial charge in [-0.2, -0.15) is 5.10 Å². The molecular weight excluding hydrogens is 266 g/mol. The van der Waals surface area contributed by atoms with Crippen LogP contribution in [0.15, 0.2) is 12.3 Å². The van der Waals surface area contributed by atoms with E-state index >= 15 is 0 Å². The third-order valence-corrected chi connectivity index (χ3v) is 3.99. The predicted octanol–water partition coefficient (Wildman–Crippen LogP) is 1.48. The Bertz CT molecular complexity index is 449. The van der Waals surface area contributed by atoms with Crippen molar-refractivity contribution in [2.24, 2.45) is 0 Å². The van der Waals surface area contributed by atoms with Crippen LogP contribution in [0.5, 0.6) is 0 Å². The zero-order valence-corrected chi connectivity index (χ0v) is 13.3. The monoisotopic (exact) mass is 293 g/mol. The average molecular weight is 293 g/mol. The Morgan fingerprint density at radius 1 is 1.52 bits per heavy atom. The molecule has 1 fully saturated rings. The van der Waals surface area contributed by atoms with Crippen molar-refractivity contribution in [1.29, 1.82) is 0 Å². The number of anilines is 1. The van der Waals surface area contributed by atoms with Gasteiger partial charge in [0, 0.05) is 18.2 Å². The molecule has 2 rings (SSSR count). The Kier molecular flexibility index (Phi) is 5.76. The van der Waals surface area contributed by atoms with Gasteiger partial charge in [-0.25, -0.2) is 4.68 Å². The maximum atomic E-state index is 12.2. The lowest BCUT2D eigenvalue weighted by molar-refractivity contribution is -0.117. The van der Waals surface area contributed by atoms with Crippen LogP contribution in [-0.2, 0) is 4.79 Å². The zero-order chi connectivity index (χ0) is 15.2. The molecule has 6 heteroatoms. The number of likely N-dealkylation sites (N-methyl/N-ethyl adjacent to an activating group) is 1. The second kappa shape index (κ2) is 7.56. The molecule has 1 amide bonds. The smallest absolute Gasteiger partial charge is 0.239 e. The normalized spacial score (nSPS) is 19.8. The quantitative estimate of drug-likeness (QED) is 0.863. The van der Waals surface area contributed by atoms with E-state index in [1.807, 2.05) is 31.6 Å². The van der Waals surface area contributed by atoms with Gasteiger partial charge in [0.25, 0.3) is 0 Å². The summed E-state index contributed by atoms with van der Waals surface area (Å²) in [4.78, 5) is 14.4. The molecule has 0 radical (unpaired) electrons. The summed E-state index contributed by atoms with van der Waals surface area (Å²) in [7, 11) is 2.04. The Balaban J connectivity index is 1.87. The summed E-state index contributed by atoms with van der Waals surface area (Å²) < 4.78 is 1.83. The number of nitrogens with zero attached hydrogens (tertiary/aromatic N) is 3. The van der Waals surface area contributed by atoms with Crippen molar-refractivity contribution in [3.8, 4) is 0 Å². The molecule has 1 aliphatic rings. The second-order valence-corrected chi connectivity index (χ2v) is 6.05. The topological polar surface area (TPSA) is 62.2 Å². The van der Waals surface area contributed by atoms with Crippen LogP contribution in [0.4, 0.5) is 5.82 Å². The van der Waals surface area contributed by atoms with Crippen molar-refractivity contribution < 1.29 is 4.79 Å². The second-order valence-electron chi connectivity index (χ2n) is 6.05. The fraction of sp³-hybridized carbons (Fsp3) is 0.733. The predicted molar refractivity (Wildman–Crippen MR) is 84.4 cm³/mol. The van der Waals surface area contributed by atoms with Gasteiger partial charge in [0.1, 0.15) is 5.82 Å². The van der Waals surface area contributed by atoms with Crippen LogP contribution in [0.2, 0.25) is 0 Å². The zero-order valence-electron chi connectivity index (χ0n) is 13.3. The first-order valence-electron chi connectivity index (χ1n) is 7.82. The van der Waals surface area contributed by atoms with E-state index in [9.17, 15) is 4.79 Å². The number of hydrogen-bond acceptors (Lipinski definition) is 4. The summed E-state index contributed by atoms with van der Waals surface area (Å²) in [6.45, 7) is 6.65. The molecule has 0 aromatic carbocycles. The van der Waals surface area contributed by atoms with Gasteiger partial charge in [0.15, 0.2) is 0 Å². The van der Waals surface area contributed by atoms with E-state index in [2.05, 4.69) is 20.6 Å². The van der Waals surface area contributed by atoms with Gasteiger partial charge in [0.05, 0.1) is 12.7 Å². The van der Waals surface area contributed by atoms with E-state index in [0.717, 1.165) is 31.7 Å². The van der Waals surface area contributed by atoms with Crippen molar-refractivity contribution in [1.82, 2.24) is 20.0 Å². The lowest BCUT2D eigenvalue weighted by atomic mass is 10.1. The van der Waals surface area contributed by atoms with Crippen LogP contribution in [0.1, 0.15) is 39.2 Å². The molecular formula is C15H27N5O. The maximum Gasteiger partial charge on any atom is 0.239 e. The number of rotatable bonds is 5. The molecule has 0 bridgehead atoms. The molecule has 0 spiro atoms. The average Bonchev–Trinajstić information content (AvgIpc) is 2.72. The first-order chi connectivity index (χ1) is 10.1. The molecule has 1 aliphatic heterocycles. The first-order valence-corrected chi connectivity index (χ1v) is 7.82. The van der Waals surface area contributed by atoms with Gasteiger partial charge < -0.3 is 10.6 Å². The van der Waals surface area contributed by atoms with Crippen molar-refractivity contribution in [2.45, 2.75) is 45.2 Å². The molecule has 1 saturated heterocycles. The minimum Gasteiger partial charge on any atom is -0.317 e. The SMILES string of the molecule is CC(C)n1nccc1NC(=O)CN(C)C1CCCNCC1. The summed E-state index contributed by atoms with van der Waals surface area (Å²) in [6.07, 6.45) is 5.15. The third-order valence-electron chi connectivity index (χ3n) is 3.99. The van der Waals surface area contributed by atoms with E-state index in [-0.39, 0.29) is 11.9 Å². The molecule has 0 saturated carbocycles. The Labute approximate surface area is 126 Å². The Hall–Kier alpha value is -1.40. The van der Waals surface area contributed by atoms with E-state index in [1.54, 1.807) is 6.20 Å². The lowest BCUT2D eigenvalue weighted by Crippen LogP contribution is -2.38. The number of carbonyl (C=O) groups is 1. The van der Waals surface area contributed by atoms with Gasteiger partial charge in [-0.15, -0.1) is 0 Å². The molecule has 6 nitrogen and oxygen atoms in total. The maximum absolute atomic E-state index is 12.2. The molecule has 21 heavy (non-hydrogen) atoms. The van der Waals surface area contributed by atoms with Gasteiger partial charge in [0.2, 0.25) is 5.91 Å². The molecule has 0 aliphatic carbocycles. The molecule has 1 aromatic rings. The summed E-state index contributed by atoms with van der Waals surface area (Å²) >= 11 is 0. The van der Waals surface area contributed by atoms with Gasteiger partial charge in [-0.3, -0.25) is 9.69 Å². The third kappa shape index (κ3) is 4.54. The van der Waals surface area contributed by atoms with Crippen LogP contribution in [0, 0.1) is 0 Å². The Morgan fingerprint density at radius 2 is 2.33 bits per heavy atom. The van der Waals surface area contributed by atoms with E-state index in [0.29, 0.717) is 12.6 Å². The van der Waals surface area contributed by atoms with Crippen molar-refractivity contribution in [3.05, 3.63) is 12.3 Å². The number of nitrogens with one attached hydrogen (secondary N) is 2. The van der Waals surface area contributed by atoms with Crippen molar-refractivity contribution in [3.63, 3.8) is 0 Å². The fourth-order valence-electron chi connectivity index (χ4n) is 2.80. The highest BCUT2D eigenvalue weighted by Gasteiger charge is 2.19. The van der Waals surface area contributed by atoms with Crippen molar-refractivity contribution >= 4 is 11.7 Å². The van der Waals surface area contributed by atoms with E-state index < -0.39 is 0 Å². The molecule has 1 atom stereocenters. The summed E-state index contributed by atoms with van der Waals surface area (Å²) in [6, 6.07) is 2.56. The van der Waals surface area contributed by atoms with Crippen LogP contribution < -0.4 is 10.6 Å². The number of aromatic nitrogens is 2. The molecule has 1 unspecified atom stereocenters. The molecule has 2 N–H and O–H groups in total. The highest BCUT2D eigenvalue weighted by atomic mass is 16.2. The number of carbonyl (C=O) groups excluding carboxylic acids is 1. The number of amides is 1. The standard InChI is InChI=1S/C15H27N5O/c1-12(2)20-14(7-10-17-20)18-15(21)11-19(3)13-5-4-8-16-9-6-13/h7,10,12-13,16H,4-6,8-9,11H2,1-3H3,(H,18,21). The van der Waals surface area contributed by atoms with Crippen molar-refractivity contribution in [2.75, 3.05) is 32.0 Å². The fourth-order valence-corrected chi connectivity index (χ4v) is 2.80.